The molecule has 0 amide bonds. The van der Waals surface area contributed by atoms with E-state index in [9.17, 15) is 14.4 Å². The predicted molar refractivity (Wildman–Crippen MR) is 84.9 cm³/mol. The first kappa shape index (κ1) is 17.2. The summed E-state index contributed by atoms with van der Waals surface area (Å²) in [7, 11) is 2.51. The van der Waals surface area contributed by atoms with E-state index >= 15 is 0 Å². The highest BCUT2D eigenvalue weighted by molar-refractivity contribution is 5.94. The molecule has 0 saturated heterocycles. The van der Waals surface area contributed by atoms with Crippen molar-refractivity contribution >= 4 is 17.9 Å². The molecule has 0 heterocycles. The van der Waals surface area contributed by atoms with Gasteiger partial charge < -0.3 is 14.2 Å². The van der Waals surface area contributed by atoms with E-state index in [2.05, 4.69) is 9.47 Å². The maximum Gasteiger partial charge on any atom is 0.341 e. The fraction of sp³-hybridized carbons (Fsp3) is 0.167. The molecule has 0 spiro atoms. The third kappa shape index (κ3) is 3.98. The van der Waals surface area contributed by atoms with Crippen molar-refractivity contribution in [3.63, 3.8) is 0 Å². The lowest BCUT2D eigenvalue weighted by atomic mass is 10.0. The molecule has 24 heavy (non-hydrogen) atoms. The predicted octanol–water partition coefficient (Wildman–Crippen LogP) is 2.41. The van der Waals surface area contributed by atoms with Crippen molar-refractivity contribution in [1.82, 2.24) is 0 Å². The standard InChI is InChI=1S/C18H16O6/c1-22-17(20)13-8-4-3-7-12(13)11-16(19)24-15-10-6-5-9-14(15)18(21)23-2/h3-10H,11H2,1-2H3. The fourth-order valence-corrected chi connectivity index (χ4v) is 2.13. The second-order valence-corrected chi connectivity index (χ2v) is 4.79. The quantitative estimate of drug-likeness (QED) is 0.619. The monoisotopic (exact) mass is 328 g/mol. The molecule has 0 atom stereocenters. The molecule has 6 nitrogen and oxygen atoms in total. The summed E-state index contributed by atoms with van der Waals surface area (Å²) in [6.45, 7) is 0. The summed E-state index contributed by atoms with van der Waals surface area (Å²) in [6, 6.07) is 12.8. The Balaban J connectivity index is 2.19. The zero-order valence-electron chi connectivity index (χ0n) is 13.3. The van der Waals surface area contributed by atoms with Gasteiger partial charge in [0, 0.05) is 0 Å². The van der Waals surface area contributed by atoms with Gasteiger partial charge >= 0.3 is 17.9 Å². The van der Waals surface area contributed by atoms with E-state index < -0.39 is 17.9 Å². The molecule has 0 radical (unpaired) electrons. The minimum atomic E-state index is -0.609. The Morgan fingerprint density at radius 3 is 2.00 bits per heavy atom. The van der Waals surface area contributed by atoms with Gasteiger partial charge in [0.1, 0.15) is 11.3 Å². The van der Waals surface area contributed by atoms with Crippen molar-refractivity contribution in [2.24, 2.45) is 0 Å². The van der Waals surface area contributed by atoms with E-state index in [1.165, 1.54) is 26.4 Å². The summed E-state index contributed by atoms with van der Waals surface area (Å²) in [5.74, 6) is -1.64. The fourth-order valence-electron chi connectivity index (χ4n) is 2.13. The van der Waals surface area contributed by atoms with Crippen LogP contribution in [0.2, 0.25) is 0 Å². The number of methoxy groups -OCH3 is 2. The molecule has 124 valence electrons. The maximum absolute atomic E-state index is 12.2. The van der Waals surface area contributed by atoms with Crippen molar-refractivity contribution in [2.75, 3.05) is 14.2 Å². The maximum atomic E-state index is 12.2. The number of para-hydroxylation sites is 1. The van der Waals surface area contributed by atoms with Gasteiger partial charge in [-0.2, -0.15) is 0 Å². The highest BCUT2D eigenvalue weighted by Gasteiger charge is 2.18. The Labute approximate surface area is 139 Å². The van der Waals surface area contributed by atoms with Crippen LogP contribution in [0, 0.1) is 0 Å². The number of esters is 3. The minimum absolute atomic E-state index is 0.102. The molecule has 2 aromatic rings. The summed E-state index contributed by atoms with van der Waals surface area (Å²) in [6.07, 6.45) is -0.138. The zero-order chi connectivity index (χ0) is 17.5. The van der Waals surface area contributed by atoms with E-state index in [1.54, 1.807) is 36.4 Å². The SMILES string of the molecule is COC(=O)c1ccccc1CC(=O)Oc1ccccc1C(=O)OC. The average Bonchev–Trinajstić information content (AvgIpc) is 2.61. The molecular formula is C18H16O6. The van der Waals surface area contributed by atoms with Crippen molar-refractivity contribution < 1.29 is 28.6 Å². The van der Waals surface area contributed by atoms with Crippen LogP contribution in [0.1, 0.15) is 26.3 Å². The van der Waals surface area contributed by atoms with Crippen LogP contribution in [-0.2, 0) is 20.7 Å². The first-order valence-corrected chi connectivity index (χ1v) is 7.11. The van der Waals surface area contributed by atoms with Crippen LogP contribution in [0.5, 0.6) is 5.75 Å². The second-order valence-electron chi connectivity index (χ2n) is 4.79. The van der Waals surface area contributed by atoms with Gasteiger partial charge in [-0.25, -0.2) is 9.59 Å². The molecule has 0 bridgehead atoms. The van der Waals surface area contributed by atoms with Crippen LogP contribution < -0.4 is 4.74 Å². The van der Waals surface area contributed by atoms with Gasteiger partial charge in [0.25, 0.3) is 0 Å². The molecule has 0 aromatic heterocycles. The highest BCUT2D eigenvalue weighted by Crippen LogP contribution is 2.20. The molecular weight excluding hydrogens is 312 g/mol. The third-order valence-corrected chi connectivity index (χ3v) is 3.27. The summed E-state index contributed by atoms with van der Waals surface area (Å²) < 4.78 is 14.6. The van der Waals surface area contributed by atoms with Gasteiger partial charge in [-0.05, 0) is 23.8 Å². The zero-order valence-corrected chi connectivity index (χ0v) is 13.3. The first-order valence-electron chi connectivity index (χ1n) is 7.11. The van der Waals surface area contributed by atoms with Crippen molar-refractivity contribution in [3.8, 4) is 5.75 Å². The number of rotatable bonds is 5. The topological polar surface area (TPSA) is 78.9 Å². The Bertz CT molecular complexity index is 702. The molecule has 0 aliphatic heterocycles. The molecule has 0 aliphatic rings. The van der Waals surface area contributed by atoms with Crippen LogP contribution in [-0.4, -0.2) is 32.1 Å². The van der Waals surface area contributed by atoms with E-state index in [4.69, 9.17) is 4.74 Å². The first-order chi connectivity index (χ1) is 11.6. The number of hydrogen-bond acceptors (Lipinski definition) is 6. The number of carbonyl (C=O) groups excluding carboxylic acids is 3. The molecule has 0 unspecified atom stereocenters. The Kier molecular flexibility index (Phi) is 5.68. The smallest absolute Gasteiger partial charge is 0.341 e. The van der Waals surface area contributed by atoms with E-state index in [1.807, 2.05) is 0 Å². The van der Waals surface area contributed by atoms with Gasteiger partial charge in [-0.3, -0.25) is 4.79 Å². The number of ether oxygens (including phenoxy) is 3. The molecule has 2 aromatic carbocycles. The molecule has 0 saturated carbocycles. The van der Waals surface area contributed by atoms with Crippen molar-refractivity contribution in [3.05, 3.63) is 65.2 Å². The summed E-state index contributed by atoms with van der Waals surface area (Å²) >= 11 is 0. The lowest BCUT2D eigenvalue weighted by Gasteiger charge is -2.10. The van der Waals surface area contributed by atoms with Crippen LogP contribution in [0.15, 0.2) is 48.5 Å². The van der Waals surface area contributed by atoms with Crippen LogP contribution in [0.4, 0.5) is 0 Å². The van der Waals surface area contributed by atoms with Gasteiger partial charge in [-0.15, -0.1) is 0 Å². The van der Waals surface area contributed by atoms with Gasteiger partial charge in [-0.1, -0.05) is 30.3 Å². The average molecular weight is 328 g/mol. The number of benzene rings is 2. The summed E-state index contributed by atoms with van der Waals surface area (Å²) in [5.41, 5.74) is 0.915. The molecule has 0 N–H and O–H groups in total. The normalized spacial score (nSPS) is 9.92. The van der Waals surface area contributed by atoms with E-state index in [0.29, 0.717) is 11.1 Å². The Morgan fingerprint density at radius 1 is 0.792 bits per heavy atom. The van der Waals surface area contributed by atoms with Gasteiger partial charge in [0.15, 0.2) is 0 Å². The summed E-state index contributed by atoms with van der Waals surface area (Å²) in [5, 5.41) is 0. The Hall–Kier alpha value is -3.15. The van der Waals surface area contributed by atoms with Gasteiger partial charge in [0.2, 0.25) is 0 Å². The molecule has 0 aliphatic carbocycles. The van der Waals surface area contributed by atoms with E-state index in [0.717, 1.165) is 0 Å². The minimum Gasteiger partial charge on any atom is -0.465 e. The molecule has 2 rings (SSSR count). The van der Waals surface area contributed by atoms with Crippen LogP contribution >= 0.6 is 0 Å². The van der Waals surface area contributed by atoms with Crippen LogP contribution in [0.25, 0.3) is 0 Å². The van der Waals surface area contributed by atoms with E-state index in [-0.39, 0.29) is 17.7 Å². The lowest BCUT2D eigenvalue weighted by Crippen LogP contribution is -2.16. The highest BCUT2D eigenvalue weighted by atomic mass is 16.5. The number of carbonyl (C=O) groups is 3. The largest absolute Gasteiger partial charge is 0.465 e. The van der Waals surface area contributed by atoms with Crippen LogP contribution in [0.3, 0.4) is 0 Å². The van der Waals surface area contributed by atoms with Crippen molar-refractivity contribution in [2.45, 2.75) is 6.42 Å². The van der Waals surface area contributed by atoms with Crippen molar-refractivity contribution in [1.29, 1.82) is 0 Å². The Morgan fingerprint density at radius 2 is 1.33 bits per heavy atom. The third-order valence-electron chi connectivity index (χ3n) is 3.27. The lowest BCUT2D eigenvalue weighted by molar-refractivity contribution is -0.133. The molecule has 6 heteroatoms. The second kappa shape index (κ2) is 7.92. The molecule has 0 fully saturated rings. The van der Waals surface area contributed by atoms with Gasteiger partial charge in [0.05, 0.1) is 26.2 Å². The number of hydrogen-bond donors (Lipinski definition) is 0. The summed E-state index contributed by atoms with van der Waals surface area (Å²) in [4.78, 5) is 35.6.